The van der Waals surface area contributed by atoms with Gasteiger partial charge in [-0.3, -0.25) is 0 Å². The molecule has 23 heavy (non-hydrogen) atoms. The molecule has 0 amide bonds. The van der Waals surface area contributed by atoms with Gasteiger partial charge in [0, 0.05) is 23.4 Å². The smallest absolute Gasteiger partial charge is 0.399 e. The number of nitrogen functional groups attached to an aromatic ring is 1. The molecule has 5 nitrogen and oxygen atoms in total. The molecule has 0 bridgehead atoms. The highest BCUT2D eigenvalue weighted by Gasteiger charge is 2.51. The van der Waals surface area contributed by atoms with E-state index in [9.17, 15) is 0 Å². The Morgan fingerprint density at radius 1 is 1.22 bits per heavy atom. The van der Waals surface area contributed by atoms with Crippen molar-refractivity contribution in [3.8, 4) is 0 Å². The van der Waals surface area contributed by atoms with Gasteiger partial charge < -0.3 is 20.5 Å². The Hall–Kier alpha value is -1.66. The van der Waals surface area contributed by atoms with Crippen LogP contribution >= 0.6 is 0 Å². The van der Waals surface area contributed by atoms with Crippen LogP contribution in [0.3, 0.4) is 0 Å². The molecule has 0 atom stereocenters. The number of hydrogen-bond donors (Lipinski definition) is 2. The number of hydrogen-bond acceptors (Lipinski definition) is 5. The van der Waals surface area contributed by atoms with Crippen molar-refractivity contribution >= 4 is 24.6 Å². The SMILES string of the molecule is C=CC.CC.CC1(C)OB(c2cnc(N)c(C=N)c2)OC1(C)C. The molecular weight excluding hydrogens is 289 g/mol. The zero-order chi connectivity index (χ0) is 18.3. The van der Waals surface area contributed by atoms with Crippen molar-refractivity contribution in [2.45, 2.75) is 59.7 Å². The maximum Gasteiger partial charge on any atom is 0.496 e. The molecule has 1 fully saturated rings. The highest BCUT2D eigenvalue weighted by Crippen LogP contribution is 2.36. The van der Waals surface area contributed by atoms with Gasteiger partial charge >= 0.3 is 7.12 Å². The van der Waals surface area contributed by atoms with Crippen LogP contribution in [0.2, 0.25) is 0 Å². The van der Waals surface area contributed by atoms with E-state index in [2.05, 4.69) is 11.6 Å². The van der Waals surface area contributed by atoms with Crippen molar-refractivity contribution in [3.63, 3.8) is 0 Å². The average Bonchev–Trinajstić information content (AvgIpc) is 2.71. The Kier molecular flexibility index (Phi) is 8.21. The lowest BCUT2D eigenvalue weighted by Gasteiger charge is -2.32. The summed E-state index contributed by atoms with van der Waals surface area (Å²) in [6.07, 6.45) is 4.56. The fraction of sp³-hybridized carbons (Fsp3) is 0.529. The molecule has 0 aliphatic carbocycles. The Morgan fingerprint density at radius 3 is 2.04 bits per heavy atom. The van der Waals surface area contributed by atoms with Crippen molar-refractivity contribution in [1.29, 1.82) is 5.41 Å². The zero-order valence-electron chi connectivity index (χ0n) is 15.4. The van der Waals surface area contributed by atoms with E-state index in [4.69, 9.17) is 20.5 Å². The highest BCUT2D eigenvalue weighted by atomic mass is 16.7. The molecule has 2 rings (SSSR count). The summed E-state index contributed by atoms with van der Waals surface area (Å²) in [5.74, 6) is 0.338. The minimum atomic E-state index is -0.471. The second-order valence-electron chi connectivity index (χ2n) is 5.88. The lowest BCUT2D eigenvalue weighted by atomic mass is 9.79. The Balaban J connectivity index is 0.000000868. The molecule has 1 aliphatic heterocycles. The van der Waals surface area contributed by atoms with Crippen LogP contribution in [0, 0.1) is 5.41 Å². The molecule has 128 valence electrons. The van der Waals surface area contributed by atoms with Gasteiger partial charge in [-0.15, -0.1) is 6.58 Å². The first-order valence-electron chi connectivity index (χ1n) is 7.87. The molecule has 0 radical (unpaired) electrons. The van der Waals surface area contributed by atoms with Crippen molar-refractivity contribution in [3.05, 3.63) is 30.5 Å². The van der Waals surface area contributed by atoms with Crippen LogP contribution in [-0.2, 0) is 9.31 Å². The molecule has 2 heterocycles. The van der Waals surface area contributed by atoms with Gasteiger partial charge in [0.2, 0.25) is 0 Å². The molecule has 1 saturated heterocycles. The Morgan fingerprint density at radius 2 is 1.65 bits per heavy atom. The minimum Gasteiger partial charge on any atom is -0.399 e. The van der Waals surface area contributed by atoms with Crippen LogP contribution in [0.15, 0.2) is 24.9 Å². The average molecular weight is 319 g/mol. The molecule has 0 unspecified atom stereocenters. The first kappa shape index (κ1) is 21.3. The molecular formula is C17H30BN3O2. The van der Waals surface area contributed by atoms with E-state index >= 15 is 0 Å². The normalized spacial score (nSPS) is 17.3. The van der Waals surface area contributed by atoms with Crippen LogP contribution in [0.25, 0.3) is 0 Å². The van der Waals surface area contributed by atoms with Crippen LogP contribution in [0.5, 0.6) is 0 Å². The maximum atomic E-state index is 7.28. The van der Waals surface area contributed by atoms with E-state index in [1.165, 1.54) is 6.21 Å². The largest absolute Gasteiger partial charge is 0.496 e. The van der Waals surface area contributed by atoms with Gasteiger partial charge in [0.05, 0.1) is 11.2 Å². The minimum absolute atomic E-state index is 0.338. The van der Waals surface area contributed by atoms with Gasteiger partial charge in [-0.25, -0.2) is 4.98 Å². The predicted octanol–water partition coefficient (Wildman–Crippen LogP) is 3.18. The highest BCUT2D eigenvalue weighted by molar-refractivity contribution is 6.62. The molecule has 0 spiro atoms. The molecule has 3 N–H and O–H groups in total. The number of nitrogens with one attached hydrogen (secondary N) is 1. The first-order chi connectivity index (χ1) is 10.7. The van der Waals surface area contributed by atoms with E-state index in [1.54, 1.807) is 18.3 Å². The van der Waals surface area contributed by atoms with Gasteiger partial charge in [-0.2, -0.15) is 0 Å². The number of allylic oxidation sites excluding steroid dienone is 1. The van der Waals surface area contributed by atoms with Gasteiger partial charge in [0.25, 0.3) is 0 Å². The summed E-state index contributed by atoms with van der Waals surface area (Å²) in [6.45, 7) is 17.2. The van der Waals surface area contributed by atoms with Crippen LogP contribution in [0.1, 0.15) is 54.0 Å². The van der Waals surface area contributed by atoms with E-state index in [0.717, 1.165) is 5.46 Å². The molecule has 0 aromatic carbocycles. The summed E-state index contributed by atoms with van der Waals surface area (Å²) in [6, 6.07) is 1.78. The standard InChI is InChI=1S/C12H18BN3O2.C3H6.C2H6/c1-11(2)12(3,4)18-13(17-11)9-5-8(6-14)10(15)16-7-9;1-3-2;1-2/h5-7,14H,1-4H3,(H2,15,16);3H,1H2,2H3;1-2H3. The summed E-state index contributed by atoms with van der Waals surface area (Å²) < 4.78 is 11.8. The van der Waals surface area contributed by atoms with Crippen LogP contribution < -0.4 is 11.2 Å². The summed E-state index contributed by atoms with van der Waals surface area (Å²) in [5, 5.41) is 7.28. The number of anilines is 1. The third-order valence-corrected chi connectivity index (χ3v) is 3.65. The third-order valence-electron chi connectivity index (χ3n) is 3.65. The van der Waals surface area contributed by atoms with E-state index in [0.29, 0.717) is 11.4 Å². The molecule has 1 aromatic heterocycles. The topological polar surface area (TPSA) is 81.2 Å². The first-order valence-corrected chi connectivity index (χ1v) is 7.87. The quantitative estimate of drug-likeness (QED) is 0.498. The van der Waals surface area contributed by atoms with E-state index in [-0.39, 0.29) is 11.2 Å². The Labute approximate surface area is 140 Å². The zero-order valence-corrected chi connectivity index (χ0v) is 15.4. The van der Waals surface area contributed by atoms with Gasteiger partial charge in [-0.05, 0) is 40.7 Å². The number of nitrogens with two attached hydrogens (primary N) is 1. The Bertz CT molecular complexity index is 515. The second-order valence-corrected chi connectivity index (χ2v) is 5.88. The van der Waals surface area contributed by atoms with Crippen molar-refractivity contribution in [1.82, 2.24) is 4.98 Å². The molecule has 6 heteroatoms. The number of aromatic nitrogens is 1. The number of rotatable bonds is 2. The molecule has 1 aromatic rings. The lowest BCUT2D eigenvalue weighted by molar-refractivity contribution is 0.00578. The van der Waals surface area contributed by atoms with Crippen molar-refractivity contribution < 1.29 is 9.31 Å². The maximum absolute atomic E-state index is 7.28. The van der Waals surface area contributed by atoms with E-state index in [1.807, 2.05) is 48.5 Å². The lowest BCUT2D eigenvalue weighted by Crippen LogP contribution is -2.41. The van der Waals surface area contributed by atoms with Crippen molar-refractivity contribution in [2.24, 2.45) is 0 Å². The second kappa shape index (κ2) is 8.84. The van der Waals surface area contributed by atoms with Gasteiger partial charge in [0.1, 0.15) is 5.82 Å². The van der Waals surface area contributed by atoms with Crippen LogP contribution in [-0.4, -0.2) is 29.5 Å². The summed E-state index contributed by atoms with van der Waals surface area (Å²) in [5.41, 5.74) is 6.24. The summed E-state index contributed by atoms with van der Waals surface area (Å²) in [7, 11) is -0.471. The summed E-state index contributed by atoms with van der Waals surface area (Å²) >= 11 is 0. The van der Waals surface area contributed by atoms with E-state index < -0.39 is 7.12 Å². The molecule has 0 saturated carbocycles. The van der Waals surface area contributed by atoms with Crippen LogP contribution in [0.4, 0.5) is 5.82 Å². The summed E-state index contributed by atoms with van der Waals surface area (Å²) in [4.78, 5) is 4.06. The number of nitrogens with zero attached hydrogens (tertiary/aromatic N) is 1. The van der Waals surface area contributed by atoms with Gasteiger partial charge in [-0.1, -0.05) is 19.9 Å². The fourth-order valence-corrected chi connectivity index (χ4v) is 1.73. The monoisotopic (exact) mass is 319 g/mol. The fourth-order valence-electron chi connectivity index (χ4n) is 1.73. The molecule has 1 aliphatic rings. The predicted molar refractivity (Wildman–Crippen MR) is 99.5 cm³/mol. The van der Waals surface area contributed by atoms with Gasteiger partial charge in [0.15, 0.2) is 0 Å². The number of pyridine rings is 1. The third kappa shape index (κ3) is 5.18. The van der Waals surface area contributed by atoms with Crippen molar-refractivity contribution in [2.75, 3.05) is 5.73 Å².